The van der Waals surface area contributed by atoms with Crippen molar-refractivity contribution in [2.24, 2.45) is 5.10 Å². The van der Waals surface area contributed by atoms with E-state index in [0.29, 0.717) is 9.90 Å². The topological polar surface area (TPSA) is 88.4 Å². The minimum absolute atomic E-state index is 0.241. The molecule has 2 aromatic heterocycles. The third-order valence-corrected chi connectivity index (χ3v) is 7.31. The Morgan fingerprint density at radius 1 is 1.03 bits per heavy atom. The number of nitrogens with one attached hydrogen (secondary N) is 2. The number of aromatic nitrogens is 2. The second-order valence-corrected chi connectivity index (χ2v) is 9.73. The van der Waals surface area contributed by atoms with Crippen LogP contribution in [0, 0.1) is 6.92 Å². The Balaban J connectivity index is 1.27. The molecular formula is C28H22ClN5O2S. The molecule has 0 fully saturated rings. The average Bonchev–Trinajstić information content (AvgIpc) is 3.50. The van der Waals surface area contributed by atoms with E-state index in [2.05, 4.69) is 15.8 Å². The lowest BCUT2D eigenvalue weighted by atomic mass is 10.1. The van der Waals surface area contributed by atoms with Gasteiger partial charge in [0.25, 0.3) is 11.8 Å². The van der Waals surface area contributed by atoms with Crippen LogP contribution in [0.3, 0.4) is 0 Å². The number of hydrazone groups is 1. The molecule has 184 valence electrons. The first-order chi connectivity index (χ1) is 18.0. The number of thiophene rings is 1. The van der Waals surface area contributed by atoms with Gasteiger partial charge in [0, 0.05) is 27.4 Å². The van der Waals surface area contributed by atoms with Crippen LogP contribution in [0.2, 0.25) is 5.02 Å². The molecule has 9 heteroatoms. The predicted octanol–water partition coefficient (Wildman–Crippen LogP) is 5.60. The zero-order valence-corrected chi connectivity index (χ0v) is 21.4. The summed E-state index contributed by atoms with van der Waals surface area (Å²) in [7, 11) is 0. The van der Waals surface area contributed by atoms with E-state index < -0.39 is 11.8 Å². The maximum atomic E-state index is 12.6. The zero-order chi connectivity index (χ0) is 25.8. The third kappa shape index (κ3) is 5.45. The average molecular weight is 528 g/mol. The molecule has 0 radical (unpaired) electrons. The fourth-order valence-corrected chi connectivity index (χ4v) is 5.18. The van der Waals surface area contributed by atoms with E-state index in [9.17, 15) is 9.59 Å². The van der Waals surface area contributed by atoms with Crippen molar-refractivity contribution in [3.63, 3.8) is 0 Å². The molecule has 0 unspecified atom stereocenters. The van der Waals surface area contributed by atoms with E-state index in [1.807, 2.05) is 92.0 Å². The fourth-order valence-electron chi connectivity index (χ4n) is 3.74. The number of hydrogen-bond donors (Lipinski definition) is 2. The Hall–Kier alpha value is -4.27. The lowest BCUT2D eigenvalue weighted by Gasteiger charge is -2.03. The van der Waals surface area contributed by atoms with Gasteiger partial charge in [-0.1, -0.05) is 77.8 Å². The summed E-state index contributed by atoms with van der Waals surface area (Å²) in [6.45, 7) is 1.78. The van der Waals surface area contributed by atoms with Gasteiger partial charge in [0.05, 0.1) is 23.5 Å². The summed E-state index contributed by atoms with van der Waals surface area (Å²) < 4.78 is 2.68. The third-order valence-electron chi connectivity index (χ3n) is 5.63. The lowest BCUT2D eigenvalue weighted by Crippen LogP contribution is -2.34. The second kappa shape index (κ2) is 10.8. The van der Waals surface area contributed by atoms with Gasteiger partial charge in [-0.15, -0.1) is 11.3 Å². The molecule has 0 aliphatic heterocycles. The molecule has 2 heterocycles. The number of halogens is 1. The second-order valence-electron chi connectivity index (χ2n) is 8.30. The summed E-state index contributed by atoms with van der Waals surface area (Å²) in [5, 5.41) is 12.6. The Kier molecular flexibility index (Phi) is 7.11. The highest BCUT2D eigenvalue weighted by Gasteiger charge is 2.17. The number of carbonyl (C=O) groups is 2. The zero-order valence-electron chi connectivity index (χ0n) is 19.8. The largest absolute Gasteiger partial charge is 0.342 e. The minimum atomic E-state index is -0.464. The van der Waals surface area contributed by atoms with Crippen molar-refractivity contribution in [2.75, 3.05) is 6.54 Å². The molecule has 0 bridgehead atoms. The van der Waals surface area contributed by atoms with Crippen LogP contribution in [0.25, 0.3) is 27.0 Å². The van der Waals surface area contributed by atoms with Crippen LogP contribution in [0.4, 0.5) is 0 Å². The summed E-state index contributed by atoms with van der Waals surface area (Å²) in [5.41, 5.74) is 6.91. The van der Waals surface area contributed by atoms with Crippen LogP contribution in [-0.2, 0) is 4.79 Å². The number of rotatable bonds is 7. The standard InChI is InChI=1S/C28H22ClN5O2S/c1-18-11-13-19(14-12-18)26-20(17-34(33-26)21-7-3-2-4-8-21)15-31-32-24(35)16-30-28(36)27-25(29)22-9-5-6-10-23(22)37-27/h2-15,17H,16H2,1H3,(H,30,36)(H,32,35)/b31-15-. The molecule has 0 saturated heterocycles. The van der Waals surface area contributed by atoms with Gasteiger partial charge in [-0.25, -0.2) is 10.1 Å². The van der Waals surface area contributed by atoms with Gasteiger partial charge in [-0.3, -0.25) is 9.59 Å². The van der Waals surface area contributed by atoms with Gasteiger partial charge < -0.3 is 5.32 Å². The smallest absolute Gasteiger partial charge is 0.263 e. The number of aryl methyl sites for hydroxylation is 1. The van der Waals surface area contributed by atoms with Gasteiger partial charge in [-0.05, 0) is 25.1 Å². The molecule has 0 saturated carbocycles. The number of carbonyl (C=O) groups excluding carboxylic acids is 2. The monoisotopic (exact) mass is 527 g/mol. The van der Waals surface area contributed by atoms with E-state index in [1.165, 1.54) is 11.3 Å². The molecule has 5 aromatic rings. The molecule has 3 aromatic carbocycles. The van der Waals surface area contributed by atoms with Crippen LogP contribution in [0.1, 0.15) is 20.8 Å². The summed E-state index contributed by atoms with van der Waals surface area (Å²) >= 11 is 7.64. The van der Waals surface area contributed by atoms with Crippen LogP contribution >= 0.6 is 22.9 Å². The van der Waals surface area contributed by atoms with Crippen molar-refractivity contribution in [2.45, 2.75) is 6.92 Å². The predicted molar refractivity (Wildman–Crippen MR) is 149 cm³/mol. The molecule has 0 atom stereocenters. The fraction of sp³-hybridized carbons (Fsp3) is 0.0714. The van der Waals surface area contributed by atoms with Crippen molar-refractivity contribution < 1.29 is 9.59 Å². The molecule has 7 nitrogen and oxygen atoms in total. The summed E-state index contributed by atoms with van der Waals surface area (Å²) in [4.78, 5) is 25.3. The van der Waals surface area contributed by atoms with Gasteiger partial charge in [0.2, 0.25) is 0 Å². The SMILES string of the molecule is Cc1ccc(-c2nn(-c3ccccc3)cc2/C=N\NC(=O)CNC(=O)c2sc3ccccc3c2Cl)cc1. The van der Waals surface area contributed by atoms with Gasteiger partial charge in [0.1, 0.15) is 10.6 Å². The van der Waals surface area contributed by atoms with Gasteiger partial charge >= 0.3 is 0 Å². The quantitative estimate of drug-likeness (QED) is 0.213. The van der Waals surface area contributed by atoms with Crippen molar-refractivity contribution in [1.82, 2.24) is 20.5 Å². The molecule has 0 aliphatic carbocycles. The van der Waals surface area contributed by atoms with E-state index in [4.69, 9.17) is 16.7 Å². The van der Waals surface area contributed by atoms with Crippen molar-refractivity contribution >= 4 is 51.1 Å². The van der Waals surface area contributed by atoms with E-state index in [1.54, 1.807) is 10.9 Å². The first-order valence-electron chi connectivity index (χ1n) is 11.5. The molecular weight excluding hydrogens is 506 g/mol. The highest BCUT2D eigenvalue weighted by molar-refractivity contribution is 7.21. The number of nitrogens with zero attached hydrogens (tertiary/aromatic N) is 3. The highest BCUT2D eigenvalue weighted by Crippen LogP contribution is 2.34. The summed E-state index contributed by atoms with van der Waals surface area (Å²) in [6.07, 6.45) is 3.40. The van der Waals surface area contributed by atoms with E-state index >= 15 is 0 Å². The normalized spacial score (nSPS) is 11.2. The van der Waals surface area contributed by atoms with Crippen LogP contribution in [0.15, 0.2) is 90.2 Å². The molecule has 37 heavy (non-hydrogen) atoms. The van der Waals surface area contributed by atoms with Gasteiger partial charge in [-0.2, -0.15) is 10.2 Å². The maximum absolute atomic E-state index is 12.6. The number of benzene rings is 3. The molecule has 5 rings (SSSR count). The van der Waals surface area contributed by atoms with Gasteiger partial charge in [0.15, 0.2) is 0 Å². The number of fused-ring (bicyclic) bond motifs is 1. The molecule has 2 N–H and O–H groups in total. The first kappa shape index (κ1) is 24.4. The Morgan fingerprint density at radius 2 is 1.76 bits per heavy atom. The first-order valence-corrected chi connectivity index (χ1v) is 12.7. The summed E-state index contributed by atoms with van der Waals surface area (Å²) in [5.74, 6) is -0.870. The van der Waals surface area contributed by atoms with Crippen LogP contribution in [-0.4, -0.2) is 34.4 Å². The van der Waals surface area contributed by atoms with Crippen LogP contribution in [0.5, 0.6) is 0 Å². The van der Waals surface area contributed by atoms with Crippen LogP contribution < -0.4 is 10.7 Å². The highest BCUT2D eigenvalue weighted by atomic mass is 35.5. The summed E-state index contributed by atoms with van der Waals surface area (Å²) in [6, 6.07) is 25.3. The number of amides is 2. The minimum Gasteiger partial charge on any atom is -0.342 e. The number of para-hydroxylation sites is 1. The molecule has 0 spiro atoms. The maximum Gasteiger partial charge on any atom is 0.263 e. The Labute approximate surface area is 222 Å². The Bertz CT molecular complexity index is 1610. The van der Waals surface area contributed by atoms with Crippen molar-refractivity contribution in [3.05, 3.63) is 106 Å². The lowest BCUT2D eigenvalue weighted by molar-refractivity contribution is -0.120. The molecule has 0 aliphatic rings. The van der Waals surface area contributed by atoms with Crippen molar-refractivity contribution in [3.8, 4) is 16.9 Å². The Morgan fingerprint density at radius 3 is 2.51 bits per heavy atom. The number of hydrogen-bond acceptors (Lipinski definition) is 5. The molecule has 2 amide bonds. The van der Waals surface area contributed by atoms with Crippen molar-refractivity contribution in [1.29, 1.82) is 0 Å². The van der Waals surface area contributed by atoms with E-state index in [-0.39, 0.29) is 6.54 Å². The van der Waals surface area contributed by atoms with E-state index in [0.717, 1.165) is 38.2 Å².